The summed E-state index contributed by atoms with van der Waals surface area (Å²) in [6, 6.07) is 25.7. The Labute approximate surface area is 479 Å². The molecule has 2 aliphatic heterocycles. The second-order valence-corrected chi connectivity index (χ2v) is 21.9. The van der Waals surface area contributed by atoms with Gasteiger partial charge in [0.2, 0.25) is 29.7 Å². The molecule has 4 heterocycles. The van der Waals surface area contributed by atoms with E-state index in [0.717, 1.165) is 22.3 Å². The largest absolute Gasteiger partial charge is 0.471 e. The smallest absolute Gasteiger partial charge is 0.408 e. The Bertz CT molecular complexity index is 3480. The number of methoxy groups -OCH3 is 2. The molecule has 83 heavy (non-hydrogen) atoms. The lowest BCUT2D eigenvalue weighted by atomic mass is 9.85. The number of nitrogens with one attached hydrogen (secondary N) is 1. The Morgan fingerprint density at radius 2 is 1.10 bits per heavy atom. The molecule has 3 amide bonds. The van der Waals surface area contributed by atoms with Gasteiger partial charge in [-0.2, -0.15) is 13.8 Å². The molecular weight excluding hydrogens is 1070 g/mol. The Hall–Kier alpha value is -9.23. The zero-order chi connectivity index (χ0) is 60.4. The number of carbonyl (C=O) groups is 5. The molecule has 2 aliphatic rings. The highest BCUT2D eigenvalue weighted by atomic mass is 19.3. The first-order chi connectivity index (χ1) is 39.4. The van der Waals surface area contributed by atoms with Gasteiger partial charge in [-0.1, -0.05) is 134 Å². The van der Waals surface area contributed by atoms with Gasteiger partial charge in [0.1, 0.15) is 47.8 Å². The second-order valence-electron chi connectivity index (χ2n) is 21.9. The third-order valence-corrected chi connectivity index (χ3v) is 13.8. The molecule has 0 bridgehead atoms. The van der Waals surface area contributed by atoms with E-state index in [4.69, 9.17) is 38.9 Å². The van der Waals surface area contributed by atoms with Crippen LogP contribution in [0.1, 0.15) is 65.5 Å². The van der Waals surface area contributed by atoms with E-state index in [-0.39, 0.29) is 37.7 Å². The van der Waals surface area contributed by atoms with Crippen molar-refractivity contribution in [2.45, 2.75) is 96.7 Å². The van der Waals surface area contributed by atoms with Crippen molar-refractivity contribution in [2.24, 2.45) is 15.8 Å². The molecule has 4 aromatic carbocycles. The highest BCUT2D eigenvalue weighted by Gasteiger charge is 2.48. The fourth-order valence-corrected chi connectivity index (χ4v) is 9.45. The summed E-state index contributed by atoms with van der Waals surface area (Å²) in [4.78, 5) is 102. The van der Waals surface area contributed by atoms with Crippen LogP contribution in [0.25, 0.3) is 56.7 Å². The molecule has 0 spiro atoms. The van der Waals surface area contributed by atoms with Crippen LogP contribution in [0.4, 0.5) is 13.6 Å². The van der Waals surface area contributed by atoms with Crippen molar-refractivity contribution in [1.29, 1.82) is 0 Å². The van der Waals surface area contributed by atoms with Gasteiger partial charge in [-0.3, -0.25) is 9.59 Å². The summed E-state index contributed by atoms with van der Waals surface area (Å²) in [6.07, 6.45) is 3.03. The van der Waals surface area contributed by atoms with Gasteiger partial charge in [-0.05, 0) is 64.4 Å². The van der Waals surface area contributed by atoms with Crippen LogP contribution in [-0.2, 0) is 38.2 Å². The van der Waals surface area contributed by atoms with Gasteiger partial charge < -0.3 is 38.8 Å². The molecule has 8 rings (SSSR count). The van der Waals surface area contributed by atoms with E-state index in [2.05, 4.69) is 34.8 Å². The summed E-state index contributed by atoms with van der Waals surface area (Å²) in [5.41, 5.74) is 5.32. The molecule has 2 fully saturated rings. The Morgan fingerprint density at radius 3 is 1.48 bits per heavy atom. The average molecular weight is 1140 g/mol. The normalized spacial score (nSPS) is 17.6. The Balaban J connectivity index is 0.000000242. The van der Waals surface area contributed by atoms with Crippen molar-refractivity contribution in [1.82, 2.24) is 35.1 Å². The topological polar surface area (TPSA) is 231 Å². The third-order valence-electron chi connectivity index (χ3n) is 13.8. The average Bonchev–Trinajstić information content (AvgIpc) is 4.23. The van der Waals surface area contributed by atoms with Crippen LogP contribution >= 0.6 is 0 Å². The van der Waals surface area contributed by atoms with Crippen molar-refractivity contribution in [3.63, 3.8) is 0 Å². The van der Waals surface area contributed by atoms with Crippen molar-refractivity contribution in [2.75, 3.05) is 33.9 Å². The predicted molar refractivity (Wildman–Crippen MR) is 307 cm³/mol. The van der Waals surface area contributed by atoms with Crippen molar-refractivity contribution < 1.29 is 61.2 Å². The van der Waals surface area contributed by atoms with Crippen LogP contribution in [0.15, 0.2) is 128 Å². The summed E-state index contributed by atoms with van der Waals surface area (Å²) in [5.74, 6) is -5.31. The number of benzene rings is 4. The SMILES string of the molecule is C=Cc1cccc(-c2nc3ccccc3nc2O[C@@H]2C[C@@H](C(=O)OC)N(C(=O)[C@@H](N=C=O)C(C)(C)C)C2)c1.C=Cc1cccc(-c2nc3ccccc3nc2O[C@@H]2C[C@@H](C(=O)OC)N(C(=O)[C@@H](NC(=O)OCC(F)(F)C=C)C(C)(C)C)C2)c1. The summed E-state index contributed by atoms with van der Waals surface area (Å²) in [5, 5.41) is 2.39. The minimum atomic E-state index is -3.44. The second kappa shape index (κ2) is 26.1. The maximum absolute atomic E-state index is 13.9. The third kappa shape index (κ3) is 14.8. The van der Waals surface area contributed by atoms with E-state index in [9.17, 15) is 37.5 Å². The van der Waals surface area contributed by atoms with Crippen molar-refractivity contribution >= 4 is 70.1 Å². The van der Waals surface area contributed by atoms with Gasteiger partial charge in [-0.25, -0.2) is 39.1 Å². The van der Waals surface area contributed by atoms with Crippen LogP contribution in [0.5, 0.6) is 11.8 Å². The monoisotopic (exact) mass is 1140 g/mol. The number of amides is 3. The highest BCUT2D eigenvalue weighted by Crippen LogP contribution is 2.36. The lowest BCUT2D eigenvalue weighted by molar-refractivity contribution is -0.152. The number of esters is 2. The van der Waals surface area contributed by atoms with E-state index < -0.39 is 89.6 Å². The number of nitrogens with zero attached hydrogens (tertiary/aromatic N) is 7. The molecular formula is C62H66F2N8O11. The zero-order valence-electron chi connectivity index (χ0n) is 47.5. The zero-order valence-corrected chi connectivity index (χ0v) is 47.5. The molecule has 6 aromatic rings. The van der Waals surface area contributed by atoms with Gasteiger partial charge in [-0.15, -0.1) is 0 Å². The first kappa shape index (κ1) is 61.4. The molecule has 0 unspecified atom stereocenters. The maximum Gasteiger partial charge on any atom is 0.408 e. The van der Waals surface area contributed by atoms with E-state index in [1.807, 2.05) is 91.0 Å². The van der Waals surface area contributed by atoms with Crippen LogP contribution in [0.3, 0.4) is 0 Å². The number of alkyl halides is 2. The number of likely N-dealkylation sites (tertiary alicyclic amines) is 2. The number of fused-ring (bicyclic) bond motifs is 2. The lowest BCUT2D eigenvalue weighted by Crippen LogP contribution is -2.57. The molecule has 0 radical (unpaired) electrons. The number of hydrogen-bond acceptors (Lipinski definition) is 16. The number of ether oxygens (including phenoxy) is 5. The fraction of sp³-hybridized carbons (Fsp3) is 0.355. The number of aromatic nitrogens is 4. The van der Waals surface area contributed by atoms with Crippen molar-refractivity contribution in [3.8, 4) is 34.3 Å². The van der Waals surface area contributed by atoms with Crippen LogP contribution < -0.4 is 14.8 Å². The quantitative estimate of drug-likeness (QED) is 0.0294. The number of para-hydroxylation sites is 4. The predicted octanol–water partition coefficient (Wildman–Crippen LogP) is 9.63. The van der Waals surface area contributed by atoms with Gasteiger partial charge in [0, 0.05) is 24.0 Å². The van der Waals surface area contributed by atoms with Gasteiger partial charge >= 0.3 is 18.0 Å². The van der Waals surface area contributed by atoms with E-state index in [0.29, 0.717) is 39.5 Å². The van der Waals surface area contributed by atoms with Crippen LogP contribution in [0, 0.1) is 10.8 Å². The number of alkyl carbamates (subject to hydrolysis) is 1. The Morgan fingerprint density at radius 1 is 0.663 bits per heavy atom. The lowest BCUT2D eigenvalue weighted by Gasteiger charge is -2.34. The van der Waals surface area contributed by atoms with Gasteiger partial charge in [0.25, 0.3) is 5.92 Å². The number of aliphatic imine (C=N–C) groups is 1. The van der Waals surface area contributed by atoms with Crippen molar-refractivity contribution in [3.05, 3.63) is 134 Å². The van der Waals surface area contributed by atoms with Gasteiger partial charge in [0.15, 0.2) is 6.61 Å². The number of isocyanates is 1. The summed E-state index contributed by atoms with van der Waals surface area (Å²) in [7, 11) is 2.47. The summed E-state index contributed by atoms with van der Waals surface area (Å²) < 4.78 is 54.5. The summed E-state index contributed by atoms with van der Waals surface area (Å²) >= 11 is 0. The van der Waals surface area contributed by atoms with E-state index >= 15 is 0 Å². The summed E-state index contributed by atoms with van der Waals surface area (Å²) in [6.45, 7) is 19.9. The molecule has 6 atom stereocenters. The maximum atomic E-state index is 13.9. The first-order valence-corrected chi connectivity index (χ1v) is 26.5. The highest BCUT2D eigenvalue weighted by molar-refractivity contribution is 5.92. The molecule has 0 aliphatic carbocycles. The number of carbonyl (C=O) groups excluding carboxylic acids is 6. The minimum Gasteiger partial charge on any atom is -0.471 e. The number of rotatable bonds is 17. The molecule has 1 N–H and O–H groups in total. The molecule has 19 nitrogen and oxygen atoms in total. The molecule has 0 saturated carbocycles. The molecule has 2 aromatic heterocycles. The first-order valence-electron chi connectivity index (χ1n) is 26.5. The molecule has 2 saturated heterocycles. The van der Waals surface area contributed by atoms with Crippen LogP contribution in [-0.4, -0.2) is 142 Å². The number of hydrogen-bond donors (Lipinski definition) is 1. The Kier molecular flexibility index (Phi) is 19.3. The van der Waals surface area contributed by atoms with Crippen LogP contribution in [0.2, 0.25) is 0 Å². The molecule has 434 valence electrons. The fourth-order valence-electron chi connectivity index (χ4n) is 9.45. The molecule has 21 heteroatoms. The standard InChI is InChI=1S/C33H36F2N4O6.C29H30N4O5/c1-7-20-12-11-13-21(16-20)26-28(37-24-15-10-9-14-23(24)36-26)45-22-17-25(30(41)43-6)39(18-22)29(40)27(32(3,4)5)38-31(42)44-19-33(34,35)8-2;1-6-18-10-9-11-19(14-18)24-26(32-22-13-8-7-12-21(22)31-24)38-20-15-23(28(36)37-5)33(16-20)27(35)25(30-17-34)29(2,3)4/h7-16,22,25,27H,1-2,17-19H2,3-6H3,(H,38,42);6-14,20,23,25H,1,15-16H2,2-5H3/t22-,25+,27-;20-,23+,25-/m11/s1. The van der Waals surface area contributed by atoms with E-state index in [1.54, 1.807) is 59.8 Å². The number of halogens is 2. The van der Waals surface area contributed by atoms with Gasteiger partial charge in [0.05, 0.1) is 49.4 Å². The minimum absolute atomic E-state index is 0.0584. The van der Waals surface area contributed by atoms with E-state index in [1.165, 1.54) is 30.1 Å².